The number of thiocarbonyl (C=S) groups is 1. The number of benzene rings is 1. The number of hydrazine groups is 1. The number of nitrogens with zero attached hydrogens (tertiary/aromatic N) is 1. The van der Waals surface area contributed by atoms with Crippen molar-refractivity contribution < 1.29 is 5.11 Å². The van der Waals surface area contributed by atoms with E-state index in [0.717, 1.165) is 5.69 Å². The van der Waals surface area contributed by atoms with E-state index in [2.05, 4.69) is 18.1 Å². The van der Waals surface area contributed by atoms with Crippen molar-refractivity contribution in [1.82, 2.24) is 5.01 Å². The number of rotatable bonds is 4. The highest BCUT2D eigenvalue weighted by Gasteiger charge is 2.04. The Hall–Kier alpha value is -0.780. The fourth-order valence-corrected chi connectivity index (χ4v) is 1.25. The quantitative estimate of drug-likeness (QED) is 0.415. The van der Waals surface area contributed by atoms with Gasteiger partial charge in [-0.1, -0.05) is 30.4 Å². The standard InChI is InChI=1S/C9H12N2OS2/c12-7-6-11(9(13)14)10-8-4-2-1-3-5-8/h1-5,10,12H,6-7H2,(H,13,14). The third kappa shape index (κ3) is 3.53. The number of hydrogen-bond donors (Lipinski definition) is 3. The Kier molecular flexibility index (Phi) is 4.72. The molecule has 0 aliphatic rings. The molecule has 0 atom stereocenters. The first-order valence-corrected chi connectivity index (χ1v) is 5.02. The molecule has 0 unspecified atom stereocenters. The minimum absolute atomic E-state index is 0.0283. The van der Waals surface area contributed by atoms with Crippen LogP contribution in [0, 0.1) is 0 Å². The van der Waals surface area contributed by atoms with Gasteiger partial charge in [-0.15, -0.1) is 12.6 Å². The van der Waals surface area contributed by atoms with Crippen LogP contribution in [0.25, 0.3) is 0 Å². The highest BCUT2D eigenvalue weighted by atomic mass is 32.1. The van der Waals surface area contributed by atoms with Crippen LogP contribution in [0.15, 0.2) is 30.3 Å². The average molecular weight is 228 g/mol. The van der Waals surface area contributed by atoms with Crippen LogP contribution in [-0.2, 0) is 0 Å². The number of aliphatic hydroxyl groups is 1. The van der Waals surface area contributed by atoms with Gasteiger partial charge < -0.3 is 5.11 Å². The molecule has 1 aromatic rings. The molecule has 0 fully saturated rings. The van der Waals surface area contributed by atoms with Gasteiger partial charge in [-0.3, -0.25) is 10.4 Å². The van der Waals surface area contributed by atoms with Crippen molar-refractivity contribution >= 4 is 34.9 Å². The molecule has 0 aliphatic heterocycles. The van der Waals surface area contributed by atoms with Gasteiger partial charge >= 0.3 is 0 Å². The topological polar surface area (TPSA) is 35.5 Å². The third-order valence-corrected chi connectivity index (χ3v) is 2.05. The first-order chi connectivity index (χ1) is 6.74. The molecule has 0 spiro atoms. The summed E-state index contributed by atoms with van der Waals surface area (Å²) < 4.78 is 0.405. The smallest absolute Gasteiger partial charge is 0.151 e. The second-order valence-corrected chi connectivity index (χ2v) is 3.75. The van der Waals surface area contributed by atoms with Crippen LogP contribution < -0.4 is 5.43 Å². The van der Waals surface area contributed by atoms with Gasteiger partial charge in [-0.2, -0.15) is 0 Å². The summed E-state index contributed by atoms with van der Waals surface area (Å²) in [5.74, 6) is 0. The Balaban J connectivity index is 2.60. The van der Waals surface area contributed by atoms with Crippen molar-refractivity contribution in [3.05, 3.63) is 30.3 Å². The number of aliphatic hydroxyl groups excluding tert-OH is 1. The summed E-state index contributed by atoms with van der Waals surface area (Å²) >= 11 is 8.94. The fourth-order valence-electron chi connectivity index (χ4n) is 0.968. The summed E-state index contributed by atoms with van der Waals surface area (Å²) in [5, 5.41) is 10.4. The van der Waals surface area contributed by atoms with Crippen LogP contribution in [0.5, 0.6) is 0 Å². The summed E-state index contributed by atoms with van der Waals surface area (Å²) in [6, 6.07) is 9.59. The van der Waals surface area contributed by atoms with E-state index in [1.54, 1.807) is 5.01 Å². The molecule has 0 aromatic heterocycles. The Labute approximate surface area is 94.1 Å². The summed E-state index contributed by atoms with van der Waals surface area (Å²) in [4.78, 5) is 0. The Morgan fingerprint density at radius 3 is 2.57 bits per heavy atom. The minimum atomic E-state index is 0.0283. The lowest BCUT2D eigenvalue weighted by Crippen LogP contribution is -2.34. The lowest BCUT2D eigenvalue weighted by atomic mass is 10.3. The molecule has 2 N–H and O–H groups in total. The molecule has 1 aromatic carbocycles. The highest BCUT2D eigenvalue weighted by Crippen LogP contribution is 2.07. The first-order valence-electron chi connectivity index (χ1n) is 4.17. The largest absolute Gasteiger partial charge is 0.394 e. The normalized spacial score (nSPS) is 9.57. The van der Waals surface area contributed by atoms with E-state index in [4.69, 9.17) is 17.3 Å². The Bertz CT molecular complexity index is 292. The van der Waals surface area contributed by atoms with Gasteiger partial charge in [-0.05, 0) is 12.1 Å². The van der Waals surface area contributed by atoms with Crippen molar-refractivity contribution in [2.75, 3.05) is 18.6 Å². The zero-order valence-corrected chi connectivity index (χ0v) is 9.26. The number of thiol groups is 1. The maximum atomic E-state index is 8.79. The van der Waals surface area contributed by atoms with Crippen LogP contribution >= 0.6 is 24.8 Å². The van der Waals surface area contributed by atoms with E-state index in [0.29, 0.717) is 10.9 Å². The number of anilines is 1. The minimum Gasteiger partial charge on any atom is -0.394 e. The van der Waals surface area contributed by atoms with Crippen molar-refractivity contribution in [1.29, 1.82) is 0 Å². The molecule has 3 nitrogen and oxygen atoms in total. The predicted octanol–water partition coefficient (Wildman–Crippen LogP) is 1.52. The molecule has 5 heteroatoms. The van der Waals surface area contributed by atoms with Crippen LogP contribution in [0.3, 0.4) is 0 Å². The SMILES string of the molecule is OCCN(Nc1ccccc1)C(=S)S. The Morgan fingerprint density at radius 2 is 2.07 bits per heavy atom. The van der Waals surface area contributed by atoms with Gasteiger partial charge in [0.05, 0.1) is 18.8 Å². The zero-order chi connectivity index (χ0) is 10.4. The molecule has 0 amide bonds. The van der Waals surface area contributed by atoms with Gasteiger partial charge in [0.15, 0.2) is 4.32 Å². The second kappa shape index (κ2) is 5.85. The van der Waals surface area contributed by atoms with Crippen molar-refractivity contribution in [2.45, 2.75) is 0 Å². The highest BCUT2D eigenvalue weighted by molar-refractivity contribution is 8.10. The van der Waals surface area contributed by atoms with Crippen LogP contribution in [0.2, 0.25) is 0 Å². The van der Waals surface area contributed by atoms with Crippen LogP contribution in [0.4, 0.5) is 5.69 Å². The number of hydrogen-bond acceptors (Lipinski definition) is 3. The molecule has 0 radical (unpaired) electrons. The van der Waals surface area contributed by atoms with Gasteiger partial charge in [0, 0.05) is 0 Å². The fraction of sp³-hybridized carbons (Fsp3) is 0.222. The second-order valence-electron chi connectivity index (χ2n) is 2.64. The van der Waals surface area contributed by atoms with E-state index in [9.17, 15) is 0 Å². The lowest BCUT2D eigenvalue weighted by molar-refractivity contribution is 0.265. The van der Waals surface area contributed by atoms with Gasteiger partial charge in [0.2, 0.25) is 0 Å². The monoisotopic (exact) mass is 228 g/mol. The summed E-state index contributed by atoms with van der Waals surface area (Å²) in [6.45, 7) is 0.442. The van der Waals surface area contributed by atoms with E-state index in [-0.39, 0.29) is 6.61 Å². The van der Waals surface area contributed by atoms with Gasteiger partial charge in [-0.25, -0.2) is 0 Å². The first kappa shape index (κ1) is 11.3. The van der Waals surface area contributed by atoms with Crippen molar-refractivity contribution in [2.24, 2.45) is 0 Å². The molecule has 76 valence electrons. The molecule has 14 heavy (non-hydrogen) atoms. The molecule has 1 rings (SSSR count). The molecule has 0 aliphatic carbocycles. The summed E-state index contributed by atoms with van der Waals surface area (Å²) in [7, 11) is 0. The predicted molar refractivity (Wildman–Crippen MR) is 65.4 cm³/mol. The molecular weight excluding hydrogens is 216 g/mol. The van der Waals surface area contributed by atoms with Crippen LogP contribution in [-0.4, -0.2) is 27.6 Å². The lowest BCUT2D eigenvalue weighted by Gasteiger charge is -2.23. The zero-order valence-electron chi connectivity index (χ0n) is 7.55. The molecule has 0 heterocycles. The summed E-state index contributed by atoms with van der Waals surface area (Å²) in [6.07, 6.45) is 0. The maximum absolute atomic E-state index is 8.79. The van der Waals surface area contributed by atoms with Crippen molar-refractivity contribution in [3.63, 3.8) is 0 Å². The molecule has 0 saturated heterocycles. The Morgan fingerprint density at radius 1 is 1.43 bits per heavy atom. The van der Waals surface area contributed by atoms with Crippen molar-refractivity contribution in [3.8, 4) is 0 Å². The van der Waals surface area contributed by atoms with E-state index >= 15 is 0 Å². The molecule has 0 bridgehead atoms. The number of nitrogens with one attached hydrogen (secondary N) is 1. The van der Waals surface area contributed by atoms with E-state index < -0.39 is 0 Å². The van der Waals surface area contributed by atoms with E-state index in [1.165, 1.54) is 0 Å². The molecule has 0 saturated carbocycles. The third-order valence-electron chi connectivity index (χ3n) is 1.59. The van der Waals surface area contributed by atoms with Gasteiger partial charge in [0.1, 0.15) is 0 Å². The van der Waals surface area contributed by atoms with Gasteiger partial charge in [0.25, 0.3) is 0 Å². The maximum Gasteiger partial charge on any atom is 0.151 e. The average Bonchev–Trinajstić information content (AvgIpc) is 2.18. The number of para-hydroxylation sites is 1. The molecular formula is C9H12N2OS2. The summed E-state index contributed by atoms with van der Waals surface area (Å²) in [5.41, 5.74) is 3.95. The van der Waals surface area contributed by atoms with E-state index in [1.807, 2.05) is 30.3 Å². The van der Waals surface area contributed by atoms with Crippen LogP contribution in [0.1, 0.15) is 0 Å².